The van der Waals surface area contributed by atoms with Crippen molar-refractivity contribution in [1.82, 2.24) is 0 Å². The zero-order chi connectivity index (χ0) is 12.4. The Labute approximate surface area is 106 Å². The molecule has 0 aromatic heterocycles. The first kappa shape index (κ1) is 11.9. The summed E-state index contributed by atoms with van der Waals surface area (Å²) in [5.74, 6) is 0. The van der Waals surface area contributed by atoms with Gasteiger partial charge >= 0.3 is 0 Å². The maximum Gasteiger partial charge on any atom is 0.150 e. The van der Waals surface area contributed by atoms with Crippen LogP contribution in [0.15, 0.2) is 36.4 Å². The minimum absolute atomic E-state index is 0.692. The van der Waals surface area contributed by atoms with Crippen molar-refractivity contribution in [1.29, 1.82) is 0 Å². The number of carbonyl (C=O) groups is 1. The van der Waals surface area contributed by atoms with Crippen molar-refractivity contribution in [3.8, 4) is 11.1 Å². The summed E-state index contributed by atoms with van der Waals surface area (Å²) in [7, 11) is 0. The molecule has 86 valence electrons. The Balaban J connectivity index is 2.52. The molecule has 1 nitrogen and oxygen atoms in total. The number of hydrogen-bond acceptors (Lipinski definition) is 1. The molecule has 0 N–H and O–H groups in total. The molecule has 2 rings (SSSR count). The number of rotatable bonds is 2. The molecule has 0 aliphatic carbocycles. The van der Waals surface area contributed by atoms with Crippen molar-refractivity contribution in [2.24, 2.45) is 0 Å². The van der Waals surface area contributed by atoms with Crippen molar-refractivity contribution in [2.45, 2.75) is 13.8 Å². The van der Waals surface area contributed by atoms with Crippen LogP contribution in [0.4, 0.5) is 0 Å². The lowest BCUT2D eigenvalue weighted by atomic mass is 9.98. The van der Waals surface area contributed by atoms with Crippen LogP contribution in [-0.2, 0) is 0 Å². The smallest absolute Gasteiger partial charge is 0.150 e. The number of halogens is 1. The van der Waals surface area contributed by atoms with Gasteiger partial charge in [0.2, 0.25) is 0 Å². The van der Waals surface area contributed by atoms with E-state index in [1.54, 1.807) is 0 Å². The van der Waals surface area contributed by atoms with Crippen LogP contribution in [0.2, 0.25) is 5.02 Å². The van der Waals surface area contributed by atoms with Gasteiger partial charge in [-0.15, -0.1) is 0 Å². The van der Waals surface area contributed by atoms with Crippen LogP contribution < -0.4 is 0 Å². The minimum Gasteiger partial charge on any atom is -0.298 e. The average Bonchev–Trinajstić information content (AvgIpc) is 2.34. The molecule has 0 unspecified atom stereocenters. The van der Waals surface area contributed by atoms with Crippen LogP contribution >= 0.6 is 11.6 Å². The number of benzene rings is 2. The molecule has 0 heterocycles. The zero-order valence-corrected chi connectivity index (χ0v) is 10.6. The molecule has 0 saturated heterocycles. The molecule has 0 aliphatic rings. The van der Waals surface area contributed by atoms with Crippen LogP contribution in [0.3, 0.4) is 0 Å². The average molecular weight is 245 g/mol. The molecule has 0 fully saturated rings. The van der Waals surface area contributed by atoms with Crippen LogP contribution in [-0.4, -0.2) is 6.29 Å². The summed E-state index contributed by atoms with van der Waals surface area (Å²) in [5.41, 5.74) is 5.15. The first-order valence-corrected chi connectivity index (χ1v) is 5.82. The molecule has 0 amide bonds. The summed E-state index contributed by atoms with van der Waals surface area (Å²) in [6.45, 7) is 4.03. The molecule has 0 spiro atoms. The fourth-order valence-corrected chi connectivity index (χ4v) is 2.05. The normalized spacial score (nSPS) is 10.3. The van der Waals surface area contributed by atoms with E-state index in [0.717, 1.165) is 33.6 Å². The van der Waals surface area contributed by atoms with E-state index in [-0.39, 0.29) is 0 Å². The van der Waals surface area contributed by atoms with E-state index in [9.17, 15) is 4.79 Å². The second-order valence-corrected chi connectivity index (χ2v) is 4.56. The fourth-order valence-electron chi connectivity index (χ4n) is 1.83. The lowest BCUT2D eigenvalue weighted by Crippen LogP contribution is -1.87. The number of aryl methyl sites for hydroxylation is 2. The Morgan fingerprint density at radius 2 is 1.65 bits per heavy atom. The van der Waals surface area contributed by atoms with Gasteiger partial charge in [0.1, 0.15) is 6.29 Å². The van der Waals surface area contributed by atoms with E-state index in [1.807, 2.05) is 44.2 Å². The standard InChI is InChI=1S/C15H13ClO/c1-10-8-15(16)11(2)7-14(10)13-5-3-12(9-17)4-6-13/h3-9H,1-2H3. The van der Waals surface area contributed by atoms with Crippen molar-refractivity contribution < 1.29 is 4.79 Å². The predicted octanol–water partition coefficient (Wildman–Crippen LogP) is 4.44. The third kappa shape index (κ3) is 2.40. The second-order valence-electron chi connectivity index (χ2n) is 4.16. The third-order valence-electron chi connectivity index (χ3n) is 2.86. The first-order valence-electron chi connectivity index (χ1n) is 5.44. The Hall–Kier alpha value is -1.60. The molecule has 0 aliphatic heterocycles. The SMILES string of the molecule is Cc1cc(-c2ccc(C=O)cc2)c(C)cc1Cl. The summed E-state index contributed by atoms with van der Waals surface area (Å²) >= 11 is 6.07. The lowest BCUT2D eigenvalue weighted by Gasteiger charge is -2.09. The maximum atomic E-state index is 10.6. The number of carbonyl (C=O) groups excluding carboxylic acids is 1. The lowest BCUT2D eigenvalue weighted by molar-refractivity contribution is 0.112. The van der Waals surface area contributed by atoms with Crippen molar-refractivity contribution in [3.63, 3.8) is 0 Å². The van der Waals surface area contributed by atoms with Gasteiger partial charge in [-0.05, 0) is 48.2 Å². The molecule has 0 radical (unpaired) electrons. The molecule has 2 heteroatoms. The van der Waals surface area contributed by atoms with E-state index in [2.05, 4.69) is 6.07 Å². The summed E-state index contributed by atoms with van der Waals surface area (Å²) in [4.78, 5) is 10.6. The molecule has 0 saturated carbocycles. The summed E-state index contributed by atoms with van der Waals surface area (Å²) in [5, 5.41) is 0.788. The van der Waals surface area contributed by atoms with Gasteiger partial charge in [0.25, 0.3) is 0 Å². The molecular weight excluding hydrogens is 232 g/mol. The highest BCUT2D eigenvalue weighted by atomic mass is 35.5. The zero-order valence-electron chi connectivity index (χ0n) is 9.83. The summed E-state index contributed by atoms with van der Waals surface area (Å²) in [6.07, 6.45) is 0.851. The van der Waals surface area contributed by atoms with E-state index in [1.165, 1.54) is 0 Å². The van der Waals surface area contributed by atoms with Gasteiger partial charge in [-0.1, -0.05) is 35.9 Å². The highest BCUT2D eigenvalue weighted by molar-refractivity contribution is 6.31. The third-order valence-corrected chi connectivity index (χ3v) is 3.27. The van der Waals surface area contributed by atoms with E-state index < -0.39 is 0 Å². The van der Waals surface area contributed by atoms with Crippen molar-refractivity contribution in [2.75, 3.05) is 0 Å². The second kappa shape index (κ2) is 4.72. The van der Waals surface area contributed by atoms with Gasteiger partial charge in [0.15, 0.2) is 0 Å². The fraction of sp³-hybridized carbons (Fsp3) is 0.133. The quantitative estimate of drug-likeness (QED) is 0.714. The van der Waals surface area contributed by atoms with Gasteiger partial charge < -0.3 is 0 Å². The van der Waals surface area contributed by atoms with Crippen LogP contribution in [0.5, 0.6) is 0 Å². The van der Waals surface area contributed by atoms with Gasteiger partial charge in [0, 0.05) is 10.6 Å². The predicted molar refractivity (Wildman–Crippen MR) is 71.7 cm³/mol. The molecule has 2 aromatic rings. The maximum absolute atomic E-state index is 10.6. The monoisotopic (exact) mass is 244 g/mol. The largest absolute Gasteiger partial charge is 0.298 e. The first-order chi connectivity index (χ1) is 8.11. The van der Waals surface area contributed by atoms with Crippen molar-refractivity contribution in [3.05, 3.63) is 58.1 Å². The van der Waals surface area contributed by atoms with Gasteiger partial charge in [0.05, 0.1) is 0 Å². The topological polar surface area (TPSA) is 17.1 Å². The Kier molecular flexibility index (Phi) is 3.30. The molecular formula is C15H13ClO. The summed E-state index contributed by atoms with van der Waals surface area (Å²) in [6, 6.07) is 11.6. The van der Waals surface area contributed by atoms with E-state index >= 15 is 0 Å². The Bertz CT molecular complexity index is 556. The highest BCUT2D eigenvalue weighted by Gasteiger charge is 2.05. The van der Waals surface area contributed by atoms with Crippen LogP contribution in [0, 0.1) is 13.8 Å². The van der Waals surface area contributed by atoms with Crippen LogP contribution in [0.1, 0.15) is 21.5 Å². The Morgan fingerprint density at radius 3 is 2.24 bits per heavy atom. The minimum atomic E-state index is 0.692. The van der Waals surface area contributed by atoms with Gasteiger partial charge in [-0.2, -0.15) is 0 Å². The molecule has 2 aromatic carbocycles. The Morgan fingerprint density at radius 1 is 1.00 bits per heavy atom. The van der Waals surface area contributed by atoms with Crippen LogP contribution in [0.25, 0.3) is 11.1 Å². The van der Waals surface area contributed by atoms with Gasteiger partial charge in [-0.3, -0.25) is 4.79 Å². The number of aldehydes is 1. The molecule has 0 atom stereocenters. The molecule has 17 heavy (non-hydrogen) atoms. The highest BCUT2D eigenvalue weighted by Crippen LogP contribution is 2.28. The summed E-state index contributed by atoms with van der Waals surface area (Å²) < 4.78 is 0. The number of hydrogen-bond donors (Lipinski definition) is 0. The van der Waals surface area contributed by atoms with Crippen molar-refractivity contribution >= 4 is 17.9 Å². The van der Waals surface area contributed by atoms with E-state index in [4.69, 9.17) is 11.6 Å². The molecule has 0 bridgehead atoms. The van der Waals surface area contributed by atoms with Gasteiger partial charge in [-0.25, -0.2) is 0 Å². The van der Waals surface area contributed by atoms with E-state index in [0.29, 0.717) is 5.56 Å².